The number of sulfonamides is 2. The number of fused-ring (bicyclic) bond motifs is 1. The summed E-state index contributed by atoms with van der Waals surface area (Å²) in [7, 11) is -7.43. The fraction of sp³-hybridized carbons (Fsp3) is 0.257. The van der Waals surface area contributed by atoms with Crippen LogP contribution < -0.4 is 14.7 Å². The molecule has 5 rings (SSSR count). The van der Waals surface area contributed by atoms with E-state index in [-0.39, 0.29) is 34.3 Å². The second-order valence-corrected chi connectivity index (χ2v) is 15.2. The van der Waals surface area contributed by atoms with Crippen LogP contribution in [-0.4, -0.2) is 41.9 Å². The fourth-order valence-corrected chi connectivity index (χ4v) is 9.23. The smallest absolute Gasteiger partial charge is 0.308 e. The molecule has 2 atom stereocenters. The lowest BCUT2D eigenvalue weighted by atomic mass is 9.98. The number of benzene rings is 4. The summed E-state index contributed by atoms with van der Waals surface area (Å²) in [4.78, 5) is -1.18. The van der Waals surface area contributed by atoms with E-state index in [2.05, 4.69) is 0 Å². The average molecular weight is 662 g/mol. The van der Waals surface area contributed by atoms with Gasteiger partial charge in [-0.15, -0.1) is 5.84 Å². The Morgan fingerprint density at radius 1 is 0.848 bits per heavy atom. The van der Waals surface area contributed by atoms with Crippen molar-refractivity contribution in [1.29, 1.82) is 0 Å². The summed E-state index contributed by atoms with van der Waals surface area (Å²) < 4.78 is 67.9. The minimum absolute atomic E-state index is 0.0155. The lowest BCUT2D eigenvalue weighted by molar-refractivity contribution is -0.937. The molecule has 9 nitrogen and oxygen atoms in total. The lowest BCUT2D eigenvalue weighted by Gasteiger charge is -2.47. The molecule has 11 heteroatoms. The van der Waals surface area contributed by atoms with Crippen molar-refractivity contribution in [2.24, 2.45) is 11.8 Å². The van der Waals surface area contributed by atoms with Gasteiger partial charge in [0.25, 0.3) is 0 Å². The van der Waals surface area contributed by atoms with Crippen LogP contribution in [0.15, 0.2) is 113 Å². The maximum Gasteiger partial charge on any atom is 0.308 e. The first kappa shape index (κ1) is 33.4. The van der Waals surface area contributed by atoms with Gasteiger partial charge in [-0.05, 0) is 72.6 Å². The van der Waals surface area contributed by atoms with Gasteiger partial charge in [-0.25, -0.2) is 0 Å². The van der Waals surface area contributed by atoms with Crippen LogP contribution in [0.1, 0.15) is 36.1 Å². The van der Waals surface area contributed by atoms with Crippen LogP contribution in [0.25, 0.3) is 5.57 Å². The highest BCUT2D eigenvalue weighted by molar-refractivity contribution is 7.93. The van der Waals surface area contributed by atoms with Gasteiger partial charge in [-0.3, -0.25) is 0 Å². The van der Waals surface area contributed by atoms with Crippen molar-refractivity contribution in [1.82, 2.24) is 0 Å². The number of anilines is 2. The fourth-order valence-electron chi connectivity index (χ4n) is 5.95. The highest BCUT2D eigenvalue weighted by Gasteiger charge is 2.55. The minimum atomic E-state index is -4.52. The molecule has 0 amide bonds. The first-order valence-electron chi connectivity index (χ1n) is 15.1. The topological polar surface area (TPSA) is 110 Å². The molecule has 0 saturated carbocycles. The van der Waals surface area contributed by atoms with Gasteiger partial charge < -0.3 is 4.74 Å². The van der Waals surface area contributed by atoms with E-state index in [1.54, 1.807) is 61.7 Å². The number of rotatable bonds is 9. The molecule has 0 bridgehead atoms. The Kier molecular flexibility index (Phi) is 9.44. The molecule has 0 aliphatic carbocycles. The molecule has 0 aromatic heterocycles. The largest absolute Gasteiger partial charge is 0.380 e. The molecule has 1 heterocycles. The summed E-state index contributed by atoms with van der Waals surface area (Å²) >= 11 is 0. The summed E-state index contributed by atoms with van der Waals surface area (Å²) in [6.45, 7) is 7.63. The van der Waals surface area contributed by atoms with Crippen molar-refractivity contribution >= 4 is 37.0 Å². The Morgan fingerprint density at radius 2 is 1.41 bits per heavy atom. The number of quaternary nitrogens is 1. The van der Waals surface area contributed by atoms with Crippen LogP contribution >= 0.6 is 0 Å². The van der Waals surface area contributed by atoms with Crippen LogP contribution in [0.2, 0.25) is 0 Å². The van der Waals surface area contributed by atoms with Crippen molar-refractivity contribution in [3.63, 3.8) is 0 Å². The monoisotopic (exact) mass is 661 g/mol. The molecule has 242 valence electrons. The van der Waals surface area contributed by atoms with E-state index in [1.165, 1.54) is 24.3 Å². The minimum Gasteiger partial charge on any atom is -0.380 e. The van der Waals surface area contributed by atoms with E-state index in [4.69, 9.17) is 10.6 Å². The molecule has 46 heavy (non-hydrogen) atoms. The van der Waals surface area contributed by atoms with E-state index >= 15 is 16.8 Å². The van der Waals surface area contributed by atoms with E-state index < -0.39 is 30.8 Å². The number of aryl methyl sites for hydroxylation is 3. The number of para-hydroxylation sites is 2. The third-order valence-electron chi connectivity index (χ3n) is 8.10. The first-order valence-corrected chi connectivity index (χ1v) is 18.0. The molecule has 2 unspecified atom stereocenters. The van der Waals surface area contributed by atoms with Crippen molar-refractivity contribution in [2.75, 3.05) is 29.1 Å². The predicted molar refractivity (Wildman–Crippen MR) is 182 cm³/mol. The molecule has 1 aliphatic rings. The van der Waals surface area contributed by atoms with Gasteiger partial charge in [0.2, 0.25) is 0 Å². The molecule has 2 N–H and O–H groups in total. The molecule has 0 fully saturated rings. The summed E-state index contributed by atoms with van der Waals surface area (Å²) in [5.74, 6) is 7.08. The zero-order chi connectivity index (χ0) is 33.3. The zero-order valence-corrected chi connectivity index (χ0v) is 28.4. The Hall–Kier alpha value is -4.00. The second kappa shape index (κ2) is 13.0. The van der Waals surface area contributed by atoms with Gasteiger partial charge in [0.1, 0.15) is 11.4 Å². The summed E-state index contributed by atoms with van der Waals surface area (Å²) in [5, 5.41) is 0. The van der Waals surface area contributed by atoms with Gasteiger partial charge in [0.05, 0.1) is 16.4 Å². The van der Waals surface area contributed by atoms with Crippen LogP contribution in [0.3, 0.4) is 0 Å². The SMILES string of the molecule is CCc1ccccc1N([N+]1(N)CC(C)C=C(COC)c2ccccc2N1S(=O)(=O)c1ccc(C)cc1)S(=O)(=O)c1ccc(C)cc1. The maximum atomic E-state index is 15.1. The standard InChI is InChI=1S/C35H41N4O5S2/c1-6-29-11-7-9-13-34(29)37(45(40,41)31-19-15-26(2)16-20-31)39(36)24-28(4)23-30(25-44-5)33-12-8-10-14-35(33)38(39)46(42,43)32-21-17-27(3)18-22-32/h7-23,28H,6,24-25,36H2,1-5H3/q+1. The maximum absolute atomic E-state index is 15.1. The number of hydrogen-bond acceptors (Lipinski definition) is 6. The van der Waals surface area contributed by atoms with Gasteiger partial charge >= 0.3 is 20.0 Å². The van der Waals surface area contributed by atoms with E-state index in [0.717, 1.165) is 25.5 Å². The molecule has 0 radical (unpaired) electrons. The quantitative estimate of drug-likeness (QED) is 0.170. The predicted octanol–water partition coefficient (Wildman–Crippen LogP) is 6.16. The summed E-state index contributed by atoms with van der Waals surface area (Å²) in [6, 6.07) is 27.0. The molecule has 0 spiro atoms. The summed E-state index contributed by atoms with van der Waals surface area (Å²) in [5.41, 5.74) is 4.28. The molecule has 4 aromatic rings. The third-order valence-corrected chi connectivity index (χ3v) is 11.7. The molecular formula is C35H41N4O5S2+. The van der Waals surface area contributed by atoms with Crippen molar-refractivity contribution in [3.05, 3.63) is 125 Å². The van der Waals surface area contributed by atoms with E-state index in [0.29, 0.717) is 17.5 Å². The van der Waals surface area contributed by atoms with Crippen LogP contribution in [0.5, 0.6) is 0 Å². The van der Waals surface area contributed by atoms with Gasteiger partial charge in [-0.2, -0.15) is 16.8 Å². The van der Waals surface area contributed by atoms with Crippen molar-refractivity contribution < 1.29 is 26.4 Å². The summed E-state index contributed by atoms with van der Waals surface area (Å²) in [6.07, 6.45) is 2.45. The highest BCUT2D eigenvalue weighted by Crippen LogP contribution is 2.42. The Morgan fingerprint density at radius 3 is 2.02 bits per heavy atom. The van der Waals surface area contributed by atoms with E-state index in [1.807, 2.05) is 52.0 Å². The molecule has 4 aromatic carbocycles. The van der Waals surface area contributed by atoms with Crippen LogP contribution in [0, 0.1) is 19.8 Å². The van der Waals surface area contributed by atoms with Gasteiger partial charge in [0, 0.05) is 18.6 Å². The number of ether oxygens (including phenoxy) is 1. The number of hydrogen-bond donors (Lipinski definition) is 1. The Bertz CT molecular complexity index is 1960. The molecular weight excluding hydrogens is 621 g/mol. The first-order chi connectivity index (χ1) is 21.8. The average Bonchev–Trinajstić information content (AvgIpc) is 3.01. The Labute approximate surface area is 272 Å². The number of methoxy groups -OCH3 is 1. The Balaban J connectivity index is 1.93. The van der Waals surface area contributed by atoms with Crippen molar-refractivity contribution in [2.45, 2.75) is 43.9 Å². The number of nitrogens with zero attached hydrogens (tertiary/aromatic N) is 3. The van der Waals surface area contributed by atoms with Gasteiger partial charge in [0.15, 0.2) is 6.54 Å². The highest BCUT2D eigenvalue weighted by atomic mass is 32.2. The van der Waals surface area contributed by atoms with Gasteiger partial charge in [-0.1, -0.05) is 101 Å². The molecule has 1 aliphatic heterocycles. The van der Waals surface area contributed by atoms with Crippen LogP contribution in [0.4, 0.5) is 11.4 Å². The number of nitrogens with two attached hydrogens (primary N) is 1. The molecule has 0 saturated heterocycles. The second-order valence-electron chi connectivity index (χ2n) is 11.7. The van der Waals surface area contributed by atoms with E-state index in [9.17, 15) is 0 Å². The normalized spacial score (nSPS) is 18.7. The van der Waals surface area contributed by atoms with Crippen molar-refractivity contribution in [3.8, 4) is 0 Å². The van der Waals surface area contributed by atoms with Crippen LogP contribution in [-0.2, 0) is 31.2 Å². The zero-order valence-electron chi connectivity index (χ0n) is 26.8. The third kappa shape index (κ3) is 6.08. The lowest BCUT2D eigenvalue weighted by Crippen LogP contribution is -2.77.